The molecule has 108 valence electrons. The molecule has 0 spiro atoms. The molecule has 1 aromatic carbocycles. The van der Waals surface area contributed by atoms with Crippen molar-refractivity contribution >= 4 is 15.9 Å². The molecule has 1 aromatic rings. The summed E-state index contributed by atoms with van der Waals surface area (Å²) in [4.78, 5) is 0. The highest BCUT2D eigenvalue weighted by Gasteiger charge is 2.25. The van der Waals surface area contributed by atoms with Crippen LogP contribution in [0, 0.1) is 20.8 Å². The van der Waals surface area contributed by atoms with Crippen LogP contribution in [0.3, 0.4) is 0 Å². The Kier molecular flexibility index (Phi) is 5.04. The summed E-state index contributed by atoms with van der Waals surface area (Å²) in [5, 5.41) is 0. The Morgan fingerprint density at radius 2 is 1.68 bits per heavy atom. The second-order valence-corrected chi connectivity index (χ2v) is 6.73. The molecule has 4 heteroatoms. The first-order valence-corrected chi connectivity index (χ1v) is 7.27. The second kappa shape index (κ2) is 5.81. The maximum atomic E-state index is 6.37. The maximum absolute atomic E-state index is 6.37. The monoisotopic (exact) mass is 328 g/mol. The van der Waals surface area contributed by atoms with Gasteiger partial charge in [-0.2, -0.15) is 0 Å². The fraction of sp³-hybridized carbons (Fsp3) is 0.600. The van der Waals surface area contributed by atoms with Gasteiger partial charge in [-0.05, 0) is 57.7 Å². The normalized spacial score (nSPS) is 13.5. The number of methoxy groups -OCH3 is 1. The summed E-state index contributed by atoms with van der Waals surface area (Å²) in [6, 6.07) is -0.134. The highest BCUT2D eigenvalue weighted by Crippen LogP contribution is 2.40. The van der Waals surface area contributed by atoms with E-state index in [2.05, 4.69) is 36.7 Å². The van der Waals surface area contributed by atoms with Gasteiger partial charge in [-0.25, -0.2) is 0 Å². The molecule has 4 N–H and O–H groups in total. The SMILES string of the molecule is COc1c(C)c(C)c(Br)c(C)c1C(N)CC(C)(C)N. The first kappa shape index (κ1) is 16.5. The van der Waals surface area contributed by atoms with Crippen molar-refractivity contribution in [3.63, 3.8) is 0 Å². The van der Waals surface area contributed by atoms with Gasteiger partial charge in [0.25, 0.3) is 0 Å². The van der Waals surface area contributed by atoms with E-state index in [9.17, 15) is 0 Å². The molecule has 1 rings (SSSR count). The van der Waals surface area contributed by atoms with Crippen molar-refractivity contribution in [2.24, 2.45) is 11.5 Å². The van der Waals surface area contributed by atoms with Gasteiger partial charge in [-0.15, -0.1) is 0 Å². The summed E-state index contributed by atoms with van der Waals surface area (Å²) in [7, 11) is 1.69. The first-order valence-electron chi connectivity index (χ1n) is 6.47. The average molecular weight is 329 g/mol. The van der Waals surface area contributed by atoms with Crippen LogP contribution in [0.4, 0.5) is 0 Å². The van der Waals surface area contributed by atoms with Gasteiger partial charge in [0.1, 0.15) is 5.75 Å². The van der Waals surface area contributed by atoms with Crippen molar-refractivity contribution in [2.45, 2.75) is 52.6 Å². The Labute approximate surface area is 124 Å². The Hall–Kier alpha value is -0.580. The van der Waals surface area contributed by atoms with Crippen LogP contribution in [0.5, 0.6) is 5.75 Å². The molecule has 0 aliphatic carbocycles. The number of hydrogen-bond acceptors (Lipinski definition) is 3. The van der Waals surface area contributed by atoms with Crippen LogP contribution < -0.4 is 16.2 Å². The molecule has 0 bridgehead atoms. The van der Waals surface area contributed by atoms with Gasteiger partial charge in [0.05, 0.1) is 7.11 Å². The predicted octanol–water partition coefficient (Wildman–Crippen LogP) is 3.51. The minimum atomic E-state index is -0.303. The van der Waals surface area contributed by atoms with Crippen molar-refractivity contribution in [3.8, 4) is 5.75 Å². The molecular weight excluding hydrogens is 304 g/mol. The summed E-state index contributed by atoms with van der Waals surface area (Å²) >= 11 is 3.65. The number of ether oxygens (including phenoxy) is 1. The van der Waals surface area contributed by atoms with E-state index in [-0.39, 0.29) is 11.6 Å². The summed E-state index contributed by atoms with van der Waals surface area (Å²) in [6.07, 6.45) is 0.707. The standard InChI is InChI=1S/C15H25BrN2O/c1-8-9(2)14(19-6)12(10(3)13(8)16)11(17)7-15(4,5)18/h11H,7,17-18H2,1-6H3. The van der Waals surface area contributed by atoms with Crippen molar-refractivity contribution in [1.29, 1.82) is 0 Å². The van der Waals surface area contributed by atoms with Gasteiger partial charge >= 0.3 is 0 Å². The maximum Gasteiger partial charge on any atom is 0.127 e. The van der Waals surface area contributed by atoms with Gasteiger partial charge in [0, 0.05) is 21.6 Å². The van der Waals surface area contributed by atoms with E-state index >= 15 is 0 Å². The zero-order valence-electron chi connectivity index (χ0n) is 12.7. The van der Waals surface area contributed by atoms with E-state index in [1.807, 2.05) is 13.8 Å². The Morgan fingerprint density at radius 3 is 2.11 bits per heavy atom. The number of halogens is 1. The fourth-order valence-electron chi connectivity index (χ4n) is 2.49. The zero-order chi connectivity index (χ0) is 15.0. The van der Waals surface area contributed by atoms with Crippen LogP contribution in [-0.2, 0) is 0 Å². The highest BCUT2D eigenvalue weighted by molar-refractivity contribution is 9.10. The van der Waals surface area contributed by atoms with Crippen molar-refractivity contribution < 1.29 is 4.74 Å². The van der Waals surface area contributed by atoms with Crippen molar-refractivity contribution in [3.05, 3.63) is 26.7 Å². The third kappa shape index (κ3) is 3.50. The molecule has 1 unspecified atom stereocenters. The van der Waals surface area contributed by atoms with Crippen molar-refractivity contribution in [1.82, 2.24) is 0 Å². The molecule has 0 fully saturated rings. The molecule has 1 atom stereocenters. The summed E-state index contributed by atoms with van der Waals surface area (Å²) in [5.74, 6) is 0.884. The molecule has 0 aliphatic rings. The molecular formula is C15H25BrN2O. The molecule has 0 saturated carbocycles. The second-order valence-electron chi connectivity index (χ2n) is 5.94. The number of nitrogens with two attached hydrogens (primary N) is 2. The molecule has 3 nitrogen and oxygen atoms in total. The Morgan fingerprint density at radius 1 is 1.16 bits per heavy atom. The van der Waals surface area contributed by atoms with Gasteiger partial charge in [0.2, 0.25) is 0 Å². The van der Waals surface area contributed by atoms with Crippen molar-refractivity contribution in [2.75, 3.05) is 7.11 Å². The quantitative estimate of drug-likeness (QED) is 0.889. The van der Waals surface area contributed by atoms with Gasteiger partial charge in [-0.1, -0.05) is 15.9 Å². The summed E-state index contributed by atoms with van der Waals surface area (Å²) in [6.45, 7) is 10.2. The Bertz CT molecular complexity index is 478. The van der Waals surface area contributed by atoms with E-state index < -0.39 is 0 Å². The first-order chi connectivity index (χ1) is 8.60. The third-order valence-corrected chi connectivity index (χ3v) is 4.72. The lowest BCUT2D eigenvalue weighted by atomic mass is 9.87. The minimum absolute atomic E-state index is 0.134. The van der Waals surface area contributed by atoms with Crippen LogP contribution in [0.15, 0.2) is 4.47 Å². The van der Waals surface area contributed by atoms with E-state index in [0.29, 0.717) is 6.42 Å². The van der Waals surface area contributed by atoms with E-state index in [0.717, 1.165) is 26.9 Å². The lowest BCUT2D eigenvalue weighted by molar-refractivity contribution is 0.384. The molecule has 0 aliphatic heterocycles. The van der Waals surface area contributed by atoms with Gasteiger partial charge < -0.3 is 16.2 Å². The van der Waals surface area contributed by atoms with Crippen LogP contribution in [-0.4, -0.2) is 12.6 Å². The fourth-order valence-corrected chi connectivity index (χ4v) is 3.00. The third-order valence-electron chi connectivity index (χ3n) is 3.53. The smallest absolute Gasteiger partial charge is 0.127 e. The van der Waals surface area contributed by atoms with Crippen LogP contribution in [0.25, 0.3) is 0 Å². The highest BCUT2D eigenvalue weighted by atomic mass is 79.9. The molecule has 19 heavy (non-hydrogen) atoms. The number of benzene rings is 1. The minimum Gasteiger partial charge on any atom is -0.496 e. The largest absolute Gasteiger partial charge is 0.496 e. The van der Waals surface area contributed by atoms with Gasteiger partial charge in [0.15, 0.2) is 0 Å². The topological polar surface area (TPSA) is 61.3 Å². The van der Waals surface area contributed by atoms with E-state index in [1.54, 1.807) is 7.11 Å². The lowest BCUT2D eigenvalue weighted by Gasteiger charge is -2.27. The molecule has 0 aromatic heterocycles. The van der Waals surface area contributed by atoms with E-state index in [1.165, 1.54) is 5.56 Å². The number of hydrogen-bond donors (Lipinski definition) is 2. The Balaban J connectivity index is 3.41. The summed E-state index contributed by atoms with van der Waals surface area (Å²) in [5.41, 5.74) is 16.7. The average Bonchev–Trinajstić information content (AvgIpc) is 2.28. The van der Waals surface area contributed by atoms with Crippen LogP contribution in [0.1, 0.15) is 48.6 Å². The molecule has 0 radical (unpaired) electrons. The molecule has 0 heterocycles. The zero-order valence-corrected chi connectivity index (χ0v) is 14.3. The lowest BCUT2D eigenvalue weighted by Crippen LogP contribution is -2.36. The van der Waals surface area contributed by atoms with E-state index in [4.69, 9.17) is 16.2 Å². The van der Waals surface area contributed by atoms with Crippen LogP contribution >= 0.6 is 15.9 Å². The van der Waals surface area contributed by atoms with Gasteiger partial charge in [-0.3, -0.25) is 0 Å². The predicted molar refractivity (Wildman–Crippen MR) is 84.7 cm³/mol. The number of rotatable bonds is 4. The summed E-state index contributed by atoms with van der Waals surface area (Å²) < 4.78 is 6.69. The molecule has 0 saturated heterocycles. The molecule has 0 amide bonds. The van der Waals surface area contributed by atoms with Crippen LogP contribution in [0.2, 0.25) is 0 Å².